The number of hydrogen-bond donors (Lipinski definition) is 2. The van der Waals surface area contributed by atoms with Gasteiger partial charge in [-0.25, -0.2) is 13.1 Å². The minimum atomic E-state index is -3.64. The van der Waals surface area contributed by atoms with E-state index in [2.05, 4.69) is 20.2 Å². The summed E-state index contributed by atoms with van der Waals surface area (Å²) in [6.07, 6.45) is 0.677. The van der Waals surface area contributed by atoms with E-state index in [4.69, 9.17) is 0 Å². The SMILES string of the molecule is CCC(C)NS(=O)(=O)c1nnc(NC(C)=O)s1. The Labute approximate surface area is 104 Å². The van der Waals surface area contributed by atoms with Crippen LogP contribution in [0.5, 0.6) is 0 Å². The van der Waals surface area contributed by atoms with E-state index < -0.39 is 10.0 Å². The molecule has 1 amide bonds. The number of aromatic nitrogens is 2. The zero-order chi connectivity index (χ0) is 13.1. The third-order valence-electron chi connectivity index (χ3n) is 1.89. The molecule has 0 aliphatic heterocycles. The summed E-state index contributed by atoms with van der Waals surface area (Å²) in [6.45, 7) is 4.94. The lowest BCUT2D eigenvalue weighted by molar-refractivity contribution is -0.114. The Kier molecular flexibility index (Phi) is 4.54. The van der Waals surface area contributed by atoms with Gasteiger partial charge in [-0.15, -0.1) is 10.2 Å². The van der Waals surface area contributed by atoms with Crippen LogP contribution in [0.3, 0.4) is 0 Å². The molecule has 1 aromatic rings. The van der Waals surface area contributed by atoms with Gasteiger partial charge in [0, 0.05) is 13.0 Å². The fourth-order valence-electron chi connectivity index (χ4n) is 0.918. The number of amides is 1. The van der Waals surface area contributed by atoms with Gasteiger partial charge in [-0.2, -0.15) is 0 Å². The highest BCUT2D eigenvalue weighted by Crippen LogP contribution is 2.19. The summed E-state index contributed by atoms with van der Waals surface area (Å²) in [6, 6.07) is -0.173. The van der Waals surface area contributed by atoms with Crippen LogP contribution in [-0.2, 0) is 14.8 Å². The maximum atomic E-state index is 11.8. The molecule has 9 heteroatoms. The first-order chi connectivity index (χ1) is 7.85. The normalized spacial score (nSPS) is 13.4. The lowest BCUT2D eigenvalue weighted by Gasteiger charge is -2.08. The van der Waals surface area contributed by atoms with Crippen molar-refractivity contribution in [3.63, 3.8) is 0 Å². The zero-order valence-corrected chi connectivity index (χ0v) is 11.4. The highest BCUT2D eigenvalue weighted by Gasteiger charge is 2.21. The highest BCUT2D eigenvalue weighted by atomic mass is 32.2. The first-order valence-corrected chi connectivity index (χ1v) is 7.28. The molecule has 96 valence electrons. The Balaban J connectivity index is 2.85. The lowest BCUT2D eigenvalue weighted by Crippen LogP contribution is -2.31. The van der Waals surface area contributed by atoms with Crippen molar-refractivity contribution < 1.29 is 13.2 Å². The van der Waals surface area contributed by atoms with Gasteiger partial charge in [0.15, 0.2) is 0 Å². The predicted octanol–water partition coefficient (Wildman–Crippen LogP) is 0.573. The molecule has 1 unspecified atom stereocenters. The van der Waals surface area contributed by atoms with Gasteiger partial charge in [0.1, 0.15) is 0 Å². The maximum Gasteiger partial charge on any atom is 0.270 e. The monoisotopic (exact) mass is 278 g/mol. The van der Waals surface area contributed by atoms with E-state index >= 15 is 0 Å². The van der Waals surface area contributed by atoms with Crippen molar-refractivity contribution in [1.82, 2.24) is 14.9 Å². The van der Waals surface area contributed by atoms with Gasteiger partial charge >= 0.3 is 0 Å². The van der Waals surface area contributed by atoms with Gasteiger partial charge in [0.05, 0.1) is 0 Å². The summed E-state index contributed by atoms with van der Waals surface area (Å²) >= 11 is 0.816. The van der Waals surface area contributed by atoms with E-state index in [9.17, 15) is 13.2 Å². The minimum Gasteiger partial charge on any atom is -0.301 e. The second-order valence-corrected chi connectivity index (χ2v) is 6.35. The average molecular weight is 278 g/mol. The van der Waals surface area contributed by atoms with E-state index in [-0.39, 0.29) is 21.4 Å². The van der Waals surface area contributed by atoms with Crippen LogP contribution in [0.4, 0.5) is 5.13 Å². The van der Waals surface area contributed by atoms with Gasteiger partial charge in [0.25, 0.3) is 10.0 Å². The second kappa shape index (κ2) is 5.52. The first-order valence-electron chi connectivity index (χ1n) is 4.98. The standard InChI is InChI=1S/C8H14N4O3S2/c1-4-5(2)12-17(14,15)8-11-10-7(16-8)9-6(3)13/h5,12H,4H2,1-3H3,(H,9,10,13). The fraction of sp³-hybridized carbons (Fsp3) is 0.625. The lowest BCUT2D eigenvalue weighted by atomic mass is 10.3. The molecule has 7 nitrogen and oxygen atoms in total. The number of hydrogen-bond acceptors (Lipinski definition) is 6. The Hall–Kier alpha value is -1.06. The highest BCUT2D eigenvalue weighted by molar-refractivity contribution is 7.91. The van der Waals surface area contributed by atoms with Crippen LogP contribution in [0.25, 0.3) is 0 Å². The Morgan fingerprint density at radius 3 is 2.65 bits per heavy atom. The van der Waals surface area contributed by atoms with Crippen LogP contribution in [0.1, 0.15) is 27.2 Å². The van der Waals surface area contributed by atoms with E-state index in [1.165, 1.54) is 6.92 Å². The molecule has 1 heterocycles. The molecule has 0 radical (unpaired) electrons. The van der Waals surface area contributed by atoms with Gasteiger partial charge in [-0.3, -0.25) is 4.79 Å². The molecule has 1 atom stereocenters. The van der Waals surface area contributed by atoms with Crippen molar-refractivity contribution in [2.24, 2.45) is 0 Å². The topological polar surface area (TPSA) is 101 Å². The third-order valence-corrected chi connectivity index (χ3v) is 4.68. The summed E-state index contributed by atoms with van der Waals surface area (Å²) in [5.74, 6) is -0.319. The van der Waals surface area contributed by atoms with Gasteiger partial charge < -0.3 is 5.32 Å². The quantitative estimate of drug-likeness (QED) is 0.767. The number of nitrogens with one attached hydrogen (secondary N) is 2. The molecule has 0 aliphatic carbocycles. The molecule has 0 spiro atoms. The molecule has 1 aromatic heterocycles. The summed E-state index contributed by atoms with van der Waals surface area (Å²) in [5.41, 5.74) is 0. The van der Waals surface area contributed by atoms with Gasteiger partial charge in [-0.05, 0) is 13.3 Å². The number of nitrogens with zero attached hydrogens (tertiary/aromatic N) is 2. The molecule has 0 aromatic carbocycles. The van der Waals surface area contributed by atoms with Crippen LogP contribution in [0, 0.1) is 0 Å². The predicted molar refractivity (Wildman–Crippen MR) is 64.3 cm³/mol. The minimum absolute atomic E-state index is 0.151. The molecule has 0 saturated heterocycles. The summed E-state index contributed by atoms with van der Waals surface area (Å²) in [7, 11) is -3.64. The summed E-state index contributed by atoms with van der Waals surface area (Å²) in [5, 5.41) is 9.65. The number of rotatable bonds is 5. The molecule has 1 rings (SSSR count). The summed E-state index contributed by atoms with van der Waals surface area (Å²) in [4.78, 5) is 10.8. The molecule has 0 aliphatic rings. The van der Waals surface area contributed by atoms with E-state index in [0.29, 0.717) is 6.42 Å². The molecule has 2 N–H and O–H groups in total. The van der Waals surface area contributed by atoms with Crippen molar-refractivity contribution in [2.75, 3.05) is 5.32 Å². The number of carbonyl (C=O) groups excluding carboxylic acids is 1. The molecule has 0 fully saturated rings. The van der Waals surface area contributed by atoms with Crippen molar-refractivity contribution in [3.05, 3.63) is 0 Å². The van der Waals surface area contributed by atoms with E-state index in [1.54, 1.807) is 6.92 Å². The van der Waals surface area contributed by atoms with Crippen LogP contribution >= 0.6 is 11.3 Å². The molecule has 0 bridgehead atoms. The van der Waals surface area contributed by atoms with Crippen molar-refractivity contribution in [3.8, 4) is 0 Å². The molecular formula is C8H14N4O3S2. The smallest absolute Gasteiger partial charge is 0.270 e. The van der Waals surface area contributed by atoms with Crippen molar-refractivity contribution >= 4 is 32.4 Å². The van der Waals surface area contributed by atoms with Crippen LogP contribution in [0.15, 0.2) is 4.34 Å². The summed E-state index contributed by atoms with van der Waals surface area (Å²) < 4.78 is 25.9. The number of anilines is 1. The van der Waals surface area contributed by atoms with Gasteiger partial charge in [-0.1, -0.05) is 18.3 Å². The van der Waals surface area contributed by atoms with Crippen LogP contribution in [-0.4, -0.2) is 30.6 Å². The van der Waals surface area contributed by atoms with E-state index in [0.717, 1.165) is 11.3 Å². The first kappa shape index (κ1) is 14.0. The van der Waals surface area contributed by atoms with Crippen molar-refractivity contribution in [1.29, 1.82) is 0 Å². The van der Waals surface area contributed by atoms with Crippen LogP contribution in [0.2, 0.25) is 0 Å². The largest absolute Gasteiger partial charge is 0.301 e. The number of sulfonamides is 1. The Morgan fingerprint density at radius 2 is 2.12 bits per heavy atom. The average Bonchev–Trinajstić information content (AvgIpc) is 2.65. The second-order valence-electron chi connectivity index (χ2n) is 3.48. The Bertz CT molecular complexity index is 497. The fourth-order valence-corrected chi connectivity index (χ4v) is 3.21. The van der Waals surface area contributed by atoms with Crippen molar-refractivity contribution in [2.45, 2.75) is 37.6 Å². The molecular weight excluding hydrogens is 264 g/mol. The van der Waals surface area contributed by atoms with Crippen LogP contribution < -0.4 is 10.0 Å². The maximum absolute atomic E-state index is 11.8. The zero-order valence-electron chi connectivity index (χ0n) is 9.72. The third kappa shape index (κ3) is 4.02. The molecule has 17 heavy (non-hydrogen) atoms. The van der Waals surface area contributed by atoms with E-state index in [1.807, 2.05) is 6.92 Å². The van der Waals surface area contributed by atoms with Gasteiger partial charge in [0.2, 0.25) is 15.4 Å². The number of carbonyl (C=O) groups is 1. The Morgan fingerprint density at radius 1 is 1.47 bits per heavy atom. The molecule has 0 saturated carbocycles.